The molecular weight excluding hydrogens is 310 g/mol. The number of aromatic amines is 1. The maximum Gasteiger partial charge on any atom is 0.0465 e. The topological polar surface area (TPSA) is 15.8 Å². The molecule has 1 atom stereocenters. The van der Waals surface area contributed by atoms with Gasteiger partial charge in [0, 0.05) is 26.6 Å². The Morgan fingerprint density at radius 1 is 1.00 bits per heavy atom. The second kappa shape index (κ2) is 4.92. The second-order valence-electron chi connectivity index (χ2n) is 6.71. The van der Waals surface area contributed by atoms with Crippen LogP contribution in [0, 0.1) is 5.41 Å². The molecule has 1 N–H and O–H groups in total. The Morgan fingerprint density at radius 2 is 1.70 bits per heavy atom. The van der Waals surface area contributed by atoms with Gasteiger partial charge in [-0.25, -0.2) is 0 Å². The highest BCUT2D eigenvalue weighted by molar-refractivity contribution is 9.09. The molecule has 1 unspecified atom stereocenters. The van der Waals surface area contributed by atoms with E-state index in [1.54, 1.807) is 0 Å². The van der Waals surface area contributed by atoms with Gasteiger partial charge >= 0.3 is 0 Å². The van der Waals surface area contributed by atoms with Crippen LogP contribution in [0.25, 0.3) is 21.8 Å². The van der Waals surface area contributed by atoms with Crippen molar-refractivity contribution < 1.29 is 0 Å². The number of rotatable bonds is 2. The number of hydrogen-bond acceptors (Lipinski definition) is 0. The quantitative estimate of drug-likeness (QED) is 0.539. The van der Waals surface area contributed by atoms with E-state index in [9.17, 15) is 0 Å². The van der Waals surface area contributed by atoms with Crippen molar-refractivity contribution in [2.24, 2.45) is 5.41 Å². The van der Waals surface area contributed by atoms with E-state index < -0.39 is 0 Å². The molecule has 1 heterocycles. The van der Waals surface area contributed by atoms with Crippen molar-refractivity contribution in [3.8, 4) is 0 Å². The van der Waals surface area contributed by atoms with Gasteiger partial charge in [-0.3, -0.25) is 0 Å². The summed E-state index contributed by atoms with van der Waals surface area (Å²) in [5.41, 5.74) is 4.10. The minimum Gasteiger partial charge on any atom is -0.355 e. The SMILES string of the molecule is CC(C)(C)CC(Br)c1ccc2[nH]c3ccccc3c2c1. The summed E-state index contributed by atoms with van der Waals surface area (Å²) in [4.78, 5) is 3.88. The Labute approximate surface area is 128 Å². The predicted octanol–water partition coefficient (Wildman–Crippen LogP) is 6.19. The van der Waals surface area contributed by atoms with Gasteiger partial charge in [-0.1, -0.05) is 61.0 Å². The summed E-state index contributed by atoms with van der Waals surface area (Å²) in [5, 5.41) is 2.62. The zero-order valence-electron chi connectivity index (χ0n) is 12.2. The predicted molar refractivity (Wildman–Crippen MR) is 91.5 cm³/mol. The lowest BCUT2D eigenvalue weighted by Crippen LogP contribution is -2.08. The van der Waals surface area contributed by atoms with Crippen LogP contribution in [0.2, 0.25) is 0 Å². The van der Waals surface area contributed by atoms with Crippen LogP contribution in [-0.2, 0) is 0 Å². The van der Waals surface area contributed by atoms with Crippen LogP contribution >= 0.6 is 15.9 Å². The fraction of sp³-hybridized carbons (Fsp3) is 0.333. The average Bonchev–Trinajstić information content (AvgIpc) is 2.74. The van der Waals surface area contributed by atoms with Gasteiger partial charge in [0.1, 0.15) is 0 Å². The fourth-order valence-corrected chi connectivity index (χ4v) is 3.97. The standard InChI is InChI=1S/C18H20BrN/c1-18(2,3)11-15(19)12-8-9-17-14(10-12)13-6-4-5-7-16(13)20-17/h4-10,15,20H,11H2,1-3H3. The number of aromatic nitrogens is 1. The van der Waals surface area contributed by atoms with Crippen LogP contribution < -0.4 is 0 Å². The van der Waals surface area contributed by atoms with Gasteiger partial charge in [-0.15, -0.1) is 0 Å². The third-order valence-electron chi connectivity index (χ3n) is 3.68. The van der Waals surface area contributed by atoms with E-state index in [0.717, 1.165) is 6.42 Å². The third-order valence-corrected chi connectivity index (χ3v) is 4.54. The monoisotopic (exact) mass is 329 g/mol. The normalized spacial score (nSPS) is 14.0. The molecule has 20 heavy (non-hydrogen) atoms. The molecule has 1 nitrogen and oxygen atoms in total. The molecule has 1 aromatic heterocycles. The van der Waals surface area contributed by atoms with Crippen molar-refractivity contribution in [3.63, 3.8) is 0 Å². The van der Waals surface area contributed by atoms with Gasteiger partial charge in [-0.2, -0.15) is 0 Å². The number of fused-ring (bicyclic) bond motifs is 3. The van der Waals surface area contributed by atoms with Gasteiger partial charge in [0.25, 0.3) is 0 Å². The molecule has 0 aliphatic carbocycles. The lowest BCUT2D eigenvalue weighted by molar-refractivity contribution is 0.377. The molecule has 0 radical (unpaired) electrons. The molecule has 0 saturated carbocycles. The van der Waals surface area contributed by atoms with Gasteiger partial charge in [-0.05, 0) is 35.6 Å². The van der Waals surface area contributed by atoms with Crippen molar-refractivity contribution >= 4 is 37.7 Å². The minimum atomic E-state index is 0.323. The molecule has 0 aliphatic heterocycles. The first kappa shape index (κ1) is 13.7. The molecule has 0 bridgehead atoms. The van der Waals surface area contributed by atoms with Crippen LogP contribution in [0.5, 0.6) is 0 Å². The first-order valence-electron chi connectivity index (χ1n) is 7.08. The maximum absolute atomic E-state index is 3.85. The zero-order chi connectivity index (χ0) is 14.3. The number of alkyl halides is 1. The average molecular weight is 330 g/mol. The third kappa shape index (κ3) is 2.62. The molecular formula is C18H20BrN. The summed E-state index contributed by atoms with van der Waals surface area (Å²) < 4.78 is 0. The maximum atomic E-state index is 3.85. The van der Waals surface area contributed by atoms with Crippen LogP contribution in [0.3, 0.4) is 0 Å². The molecule has 0 saturated heterocycles. The van der Waals surface area contributed by atoms with E-state index in [2.05, 4.69) is 84.1 Å². The lowest BCUT2D eigenvalue weighted by Gasteiger charge is -2.22. The minimum absolute atomic E-state index is 0.323. The van der Waals surface area contributed by atoms with E-state index in [1.165, 1.54) is 27.4 Å². The summed E-state index contributed by atoms with van der Waals surface area (Å²) in [7, 11) is 0. The highest BCUT2D eigenvalue weighted by Crippen LogP contribution is 2.37. The Kier molecular flexibility index (Phi) is 3.37. The van der Waals surface area contributed by atoms with Crippen molar-refractivity contribution in [2.45, 2.75) is 32.0 Å². The molecule has 0 spiro atoms. The van der Waals surface area contributed by atoms with Crippen molar-refractivity contribution in [1.82, 2.24) is 4.98 Å². The Morgan fingerprint density at radius 3 is 2.45 bits per heavy atom. The molecule has 0 amide bonds. The van der Waals surface area contributed by atoms with E-state index in [-0.39, 0.29) is 0 Å². The zero-order valence-corrected chi connectivity index (χ0v) is 13.8. The van der Waals surface area contributed by atoms with Gasteiger partial charge < -0.3 is 4.98 Å². The van der Waals surface area contributed by atoms with Crippen LogP contribution in [0.1, 0.15) is 37.6 Å². The molecule has 3 aromatic rings. The molecule has 2 heteroatoms. The lowest BCUT2D eigenvalue weighted by atomic mass is 9.88. The highest BCUT2D eigenvalue weighted by atomic mass is 79.9. The molecule has 104 valence electrons. The Balaban J connectivity index is 2.07. The van der Waals surface area contributed by atoms with Gasteiger partial charge in [0.2, 0.25) is 0 Å². The summed E-state index contributed by atoms with van der Waals surface area (Å²) >= 11 is 3.85. The summed E-state index contributed by atoms with van der Waals surface area (Å²) in [6.07, 6.45) is 1.13. The van der Waals surface area contributed by atoms with E-state index >= 15 is 0 Å². The highest BCUT2D eigenvalue weighted by Gasteiger charge is 2.18. The van der Waals surface area contributed by atoms with Gasteiger partial charge in [0.05, 0.1) is 0 Å². The second-order valence-corrected chi connectivity index (χ2v) is 7.81. The summed E-state index contributed by atoms with van der Waals surface area (Å²) in [6.45, 7) is 6.85. The van der Waals surface area contributed by atoms with E-state index in [0.29, 0.717) is 10.2 Å². The molecule has 0 aliphatic rings. The first-order chi connectivity index (χ1) is 9.44. The Hall–Kier alpha value is -1.28. The van der Waals surface area contributed by atoms with Gasteiger partial charge in [0.15, 0.2) is 0 Å². The number of H-pyrrole nitrogens is 1. The fourth-order valence-electron chi connectivity index (χ4n) is 2.72. The van der Waals surface area contributed by atoms with E-state index in [1.807, 2.05) is 0 Å². The number of para-hydroxylation sites is 1. The largest absolute Gasteiger partial charge is 0.355 e. The van der Waals surface area contributed by atoms with Crippen molar-refractivity contribution in [2.75, 3.05) is 0 Å². The Bertz CT molecular complexity index is 749. The summed E-state index contributed by atoms with van der Waals surface area (Å²) in [5.74, 6) is 0. The van der Waals surface area contributed by atoms with Crippen LogP contribution in [-0.4, -0.2) is 4.98 Å². The smallest absolute Gasteiger partial charge is 0.0465 e. The summed E-state index contributed by atoms with van der Waals surface area (Å²) in [6, 6.07) is 15.2. The number of halogens is 1. The van der Waals surface area contributed by atoms with Crippen molar-refractivity contribution in [1.29, 1.82) is 0 Å². The van der Waals surface area contributed by atoms with Crippen LogP contribution in [0.15, 0.2) is 42.5 Å². The number of hydrogen-bond donors (Lipinski definition) is 1. The molecule has 3 rings (SSSR count). The van der Waals surface area contributed by atoms with Crippen LogP contribution in [0.4, 0.5) is 0 Å². The number of nitrogens with one attached hydrogen (secondary N) is 1. The first-order valence-corrected chi connectivity index (χ1v) is 8.00. The molecule has 2 aromatic carbocycles. The molecule has 0 fully saturated rings. The number of benzene rings is 2. The van der Waals surface area contributed by atoms with E-state index in [4.69, 9.17) is 0 Å². The van der Waals surface area contributed by atoms with Crippen molar-refractivity contribution in [3.05, 3.63) is 48.0 Å².